The lowest BCUT2D eigenvalue weighted by molar-refractivity contribution is -0.143. The monoisotopic (exact) mass is 1020 g/mol. The third-order valence-corrected chi connectivity index (χ3v) is 15.9. The molecule has 0 aromatic carbocycles. The van der Waals surface area contributed by atoms with Crippen molar-refractivity contribution in [1.82, 2.24) is 5.32 Å². The van der Waals surface area contributed by atoms with Gasteiger partial charge in [0.15, 0.2) is 0 Å². The van der Waals surface area contributed by atoms with E-state index in [0.29, 0.717) is 25.9 Å². The van der Waals surface area contributed by atoms with Crippen LogP contribution in [0.15, 0.2) is 0 Å². The van der Waals surface area contributed by atoms with Crippen molar-refractivity contribution in [3.05, 3.63) is 0 Å². The van der Waals surface area contributed by atoms with Crippen LogP contribution in [0, 0.1) is 0 Å². The van der Waals surface area contributed by atoms with Gasteiger partial charge in [-0.05, 0) is 25.7 Å². The number of hydrogen-bond acceptors (Lipinski definition) is 5. The van der Waals surface area contributed by atoms with Gasteiger partial charge in [0.25, 0.3) is 0 Å². The molecule has 0 bridgehead atoms. The van der Waals surface area contributed by atoms with Crippen LogP contribution >= 0.6 is 0 Å². The molecule has 0 fully saturated rings. The molecule has 3 N–H and O–H groups in total. The van der Waals surface area contributed by atoms with E-state index in [1.54, 1.807) is 0 Å². The number of rotatable bonds is 63. The number of hydrogen-bond donors (Lipinski definition) is 3. The van der Waals surface area contributed by atoms with E-state index >= 15 is 0 Å². The fourth-order valence-corrected chi connectivity index (χ4v) is 10.8. The maximum atomic E-state index is 12.5. The van der Waals surface area contributed by atoms with E-state index in [1.807, 2.05) is 0 Å². The van der Waals surface area contributed by atoms with Crippen LogP contribution in [-0.2, 0) is 14.3 Å². The first-order valence-electron chi connectivity index (χ1n) is 33.3. The first-order valence-corrected chi connectivity index (χ1v) is 33.3. The molecule has 0 aliphatic heterocycles. The van der Waals surface area contributed by atoms with Crippen molar-refractivity contribution in [3.63, 3.8) is 0 Å². The average Bonchev–Trinajstić information content (AvgIpc) is 3.38. The third-order valence-electron chi connectivity index (χ3n) is 15.9. The van der Waals surface area contributed by atoms with Gasteiger partial charge >= 0.3 is 5.97 Å². The van der Waals surface area contributed by atoms with E-state index in [-0.39, 0.29) is 18.5 Å². The third kappa shape index (κ3) is 58.1. The highest BCUT2D eigenvalue weighted by Crippen LogP contribution is 2.19. The predicted molar refractivity (Wildman–Crippen MR) is 315 cm³/mol. The van der Waals surface area contributed by atoms with Crippen molar-refractivity contribution in [1.29, 1.82) is 0 Å². The van der Waals surface area contributed by atoms with E-state index in [2.05, 4.69) is 19.2 Å². The summed E-state index contributed by atoms with van der Waals surface area (Å²) in [5.74, 6) is -0.0125. The molecule has 72 heavy (non-hydrogen) atoms. The van der Waals surface area contributed by atoms with Gasteiger partial charge in [-0.3, -0.25) is 9.59 Å². The summed E-state index contributed by atoms with van der Waals surface area (Å²) in [6.07, 6.45) is 74.1. The molecule has 0 saturated carbocycles. The molecule has 0 aromatic rings. The van der Waals surface area contributed by atoms with Crippen LogP contribution in [0.5, 0.6) is 0 Å². The van der Waals surface area contributed by atoms with E-state index in [0.717, 1.165) is 38.5 Å². The number of unbranched alkanes of at least 4 members (excludes halogenated alkanes) is 52. The van der Waals surface area contributed by atoms with Gasteiger partial charge in [0.1, 0.15) is 0 Å². The van der Waals surface area contributed by atoms with Crippen molar-refractivity contribution in [2.24, 2.45) is 0 Å². The smallest absolute Gasteiger partial charge is 0.305 e. The zero-order chi connectivity index (χ0) is 52.2. The largest absolute Gasteiger partial charge is 0.466 e. The number of nitrogens with one attached hydrogen (secondary N) is 1. The van der Waals surface area contributed by atoms with Crippen LogP contribution in [0.4, 0.5) is 0 Å². The number of ether oxygens (including phenoxy) is 1. The quantitative estimate of drug-likeness (QED) is 0.0417. The maximum Gasteiger partial charge on any atom is 0.305 e. The second-order valence-corrected chi connectivity index (χ2v) is 23.2. The molecule has 1 amide bonds. The number of carbonyl (C=O) groups is 2. The fraction of sp³-hybridized carbons (Fsp3) is 0.970. The lowest BCUT2D eigenvalue weighted by atomic mass is 10.0. The molecule has 0 aliphatic carbocycles. The molecule has 0 heterocycles. The molecule has 6 heteroatoms. The molecule has 2 unspecified atom stereocenters. The second kappa shape index (κ2) is 62.4. The summed E-state index contributed by atoms with van der Waals surface area (Å²) in [4.78, 5) is 24.6. The second-order valence-electron chi connectivity index (χ2n) is 23.2. The Morgan fingerprint density at radius 2 is 0.569 bits per heavy atom. The predicted octanol–water partition coefficient (Wildman–Crippen LogP) is 21.0. The molecule has 0 aliphatic rings. The number of aliphatic hydroxyl groups excluding tert-OH is 2. The van der Waals surface area contributed by atoms with Gasteiger partial charge in [-0.2, -0.15) is 0 Å². The van der Waals surface area contributed by atoms with E-state index < -0.39 is 12.1 Å². The molecule has 0 rings (SSSR count). The summed E-state index contributed by atoms with van der Waals surface area (Å²) < 4.78 is 5.49. The molecule has 6 nitrogen and oxygen atoms in total. The summed E-state index contributed by atoms with van der Waals surface area (Å²) in [6, 6.07) is -0.540. The zero-order valence-electron chi connectivity index (χ0n) is 49.2. The summed E-state index contributed by atoms with van der Waals surface area (Å²) in [7, 11) is 0. The normalized spacial score (nSPS) is 12.4. The molecule has 0 radical (unpaired) electrons. The van der Waals surface area contributed by atoms with Gasteiger partial charge in [0.2, 0.25) is 5.91 Å². The summed E-state index contributed by atoms with van der Waals surface area (Å²) in [5, 5.41) is 23.4. The molecular weight excluding hydrogens is 887 g/mol. The minimum Gasteiger partial charge on any atom is -0.466 e. The van der Waals surface area contributed by atoms with Crippen LogP contribution < -0.4 is 5.32 Å². The highest BCUT2D eigenvalue weighted by Gasteiger charge is 2.20. The Balaban J connectivity index is 3.36. The molecule has 430 valence electrons. The molecule has 0 aromatic heterocycles. The van der Waals surface area contributed by atoms with Gasteiger partial charge in [0, 0.05) is 12.8 Å². The average molecular weight is 1020 g/mol. The Kier molecular flexibility index (Phi) is 61.4. The highest BCUT2D eigenvalue weighted by atomic mass is 16.5. The van der Waals surface area contributed by atoms with E-state index in [1.165, 1.54) is 315 Å². The molecule has 2 atom stereocenters. The molecular formula is C66H131NO5. The van der Waals surface area contributed by atoms with Gasteiger partial charge in [-0.15, -0.1) is 0 Å². The first kappa shape index (κ1) is 70.9. The van der Waals surface area contributed by atoms with Crippen molar-refractivity contribution in [2.75, 3.05) is 13.2 Å². The van der Waals surface area contributed by atoms with Crippen molar-refractivity contribution in [2.45, 2.75) is 398 Å². The fourth-order valence-electron chi connectivity index (χ4n) is 10.8. The van der Waals surface area contributed by atoms with Gasteiger partial charge < -0.3 is 20.3 Å². The Labute approximate surface area is 451 Å². The lowest BCUT2D eigenvalue weighted by Gasteiger charge is -2.22. The van der Waals surface area contributed by atoms with Crippen molar-refractivity contribution < 1.29 is 24.5 Å². The lowest BCUT2D eigenvalue weighted by Crippen LogP contribution is -2.45. The van der Waals surface area contributed by atoms with Crippen LogP contribution in [0.2, 0.25) is 0 Å². The Morgan fingerprint density at radius 1 is 0.333 bits per heavy atom. The maximum absolute atomic E-state index is 12.5. The minimum absolute atomic E-state index is 0.0172. The first-order chi connectivity index (χ1) is 35.5. The summed E-state index contributed by atoms with van der Waals surface area (Å²) in [5.41, 5.74) is 0. The Bertz CT molecular complexity index is 1040. The van der Waals surface area contributed by atoms with Gasteiger partial charge in [-0.1, -0.05) is 348 Å². The SMILES string of the molecule is CCCCCCCCCCCCCCCCCCCCCC(O)C(CO)NC(=O)CCCCCCCCCCCCCCCCCCCCCCCCCOC(=O)CCCCCCCCCCCCCCC. The number of carbonyl (C=O) groups excluding carboxylic acids is 2. The van der Waals surface area contributed by atoms with Crippen LogP contribution in [0.1, 0.15) is 386 Å². The standard InChI is InChI=1S/C66H131NO5/c1-3-5-7-9-11-13-15-17-18-19-25-28-31-35-38-42-46-50-54-58-64(69)63(62-68)67-65(70)59-55-51-47-43-39-36-32-29-26-23-21-20-22-24-27-30-33-37-41-45-49-53-57-61-72-66(71)60-56-52-48-44-40-34-16-14-12-10-8-6-4-2/h63-64,68-69H,3-62H2,1-2H3,(H,67,70). The highest BCUT2D eigenvalue weighted by molar-refractivity contribution is 5.76. The van der Waals surface area contributed by atoms with E-state index in [9.17, 15) is 19.8 Å². The zero-order valence-corrected chi connectivity index (χ0v) is 49.2. The molecule has 0 spiro atoms. The van der Waals surface area contributed by atoms with Gasteiger partial charge in [0.05, 0.1) is 25.4 Å². The summed E-state index contributed by atoms with van der Waals surface area (Å²) >= 11 is 0. The van der Waals surface area contributed by atoms with Crippen molar-refractivity contribution >= 4 is 11.9 Å². The number of amides is 1. The van der Waals surface area contributed by atoms with Crippen LogP contribution in [0.25, 0.3) is 0 Å². The van der Waals surface area contributed by atoms with E-state index in [4.69, 9.17) is 4.74 Å². The summed E-state index contributed by atoms with van der Waals surface area (Å²) in [6.45, 7) is 4.99. The molecule has 0 saturated heterocycles. The Morgan fingerprint density at radius 3 is 0.847 bits per heavy atom. The van der Waals surface area contributed by atoms with Crippen LogP contribution in [0.3, 0.4) is 0 Å². The number of esters is 1. The topological polar surface area (TPSA) is 95.9 Å². The Hall–Kier alpha value is -1.14. The number of aliphatic hydroxyl groups is 2. The minimum atomic E-state index is -0.663. The van der Waals surface area contributed by atoms with Crippen LogP contribution in [-0.4, -0.2) is 47.4 Å². The van der Waals surface area contributed by atoms with Gasteiger partial charge in [-0.25, -0.2) is 0 Å². The van der Waals surface area contributed by atoms with Crippen molar-refractivity contribution in [3.8, 4) is 0 Å².